The van der Waals surface area contributed by atoms with Crippen LogP contribution in [0, 0.1) is 11.8 Å². The minimum Gasteiger partial charge on any atom is -0.493 e. The summed E-state index contributed by atoms with van der Waals surface area (Å²) < 4.78 is 10.9. The molecule has 3 rings (SSSR count). The van der Waals surface area contributed by atoms with Crippen LogP contribution in [0.5, 0.6) is 5.75 Å². The molecular weight excluding hydrogens is 374 g/mol. The number of carbonyl (C=O) groups is 4. The number of rotatable bonds is 7. The Labute approximate surface area is 170 Å². The van der Waals surface area contributed by atoms with Crippen LogP contribution in [0.15, 0.2) is 18.2 Å². The molecule has 0 radical (unpaired) electrons. The van der Waals surface area contributed by atoms with Crippen molar-refractivity contribution in [3.63, 3.8) is 0 Å². The van der Waals surface area contributed by atoms with Crippen molar-refractivity contribution in [1.29, 1.82) is 0 Å². The van der Waals surface area contributed by atoms with E-state index in [9.17, 15) is 19.2 Å². The van der Waals surface area contributed by atoms with Crippen LogP contribution in [0.2, 0.25) is 0 Å². The highest BCUT2D eigenvalue weighted by molar-refractivity contribution is 6.07. The zero-order valence-electron chi connectivity index (χ0n) is 17.1. The van der Waals surface area contributed by atoms with Crippen LogP contribution < -0.4 is 4.74 Å². The molecule has 1 aromatic rings. The Hall–Kier alpha value is -2.70. The molecule has 0 aromatic heterocycles. The highest BCUT2D eigenvalue weighted by Gasteiger charge is 2.51. The molecule has 29 heavy (non-hydrogen) atoms. The zero-order valence-corrected chi connectivity index (χ0v) is 17.1. The van der Waals surface area contributed by atoms with E-state index in [1.807, 2.05) is 6.92 Å². The fourth-order valence-corrected chi connectivity index (χ4v) is 4.15. The lowest BCUT2D eigenvalue weighted by Gasteiger charge is -2.22. The number of hydrogen-bond donors (Lipinski definition) is 0. The smallest absolute Gasteiger partial charge is 0.329 e. The quantitative estimate of drug-likeness (QED) is 0.396. The molecule has 7 nitrogen and oxygen atoms in total. The van der Waals surface area contributed by atoms with Gasteiger partial charge < -0.3 is 9.47 Å². The molecule has 1 aliphatic carbocycles. The van der Waals surface area contributed by atoms with Crippen LogP contribution in [0.4, 0.5) is 0 Å². The van der Waals surface area contributed by atoms with Crippen molar-refractivity contribution >= 4 is 23.6 Å². The third-order valence-electron chi connectivity index (χ3n) is 5.74. The second kappa shape index (κ2) is 8.76. The lowest BCUT2D eigenvalue weighted by atomic mass is 9.81. The number of nitrogens with zero attached hydrogens (tertiary/aromatic N) is 1. The second-order valence-corrected chi connectivity index (χ2v) is 7.64. The Kier molecular flexibility index (Phi) is 6.35. The molecule has 0 unspecified atom stereocenters. The van der Waals surface area contributed by atoms with Crippen molar-refractivity contribution in [2.24, 2.45) is 11.8 Å². The SMILES string of the molecule is CCOc1ccc(C(C)=O)cc1COC(=O)[C@H](C)N1C(=O)[C@H]2CCCC[C@@H]2C1=O. The first-order valence-electron chi connectivity index (χ1n) is 10.1. The van der Waals surface area contributed by atoms with E-state index >= 15 is 0 Å². The van der Waals surface area contributed by atoms with Crippen molar-refractivity contribution in [2.45, 2.75) is 59.1 Å². The summed E-state index contributed by atoms with van der Waals surface area (Å²) in [6.45, 7) is 5.13. The van der Waals surface area contributed by atoms with Crippen LogP contribution in [-0.4, -0.2) is 41.1 Å². The summed E-state index contributed by atoms with van der Waals surface area (Å²) in [4.78, 5) is 50.7. The Bertz CT molecular complexity index is 809. The molecule has 0 bridgehead atoms. The van der Waals surface area contributed by atoms with E-state index in [1.165, 1.54) is 13.8 Å². The molecule has 1 aliphatic heterocycles. The lowest BCUT2D eigenvalue weighted by Crippen LogP contribution is -2.44. The van der Waals surface area contributed by atoms with Gasteiger partial charge in [-0.05, 0) is 51.8 Å². The number of imide groups is 1. The van der Waals surface area contributed by atoms with E-state index in [1.54, 1.807) is 18.2 Å². The number of carbonyl (C=O) groups excluding carboxylic acids is 4. The molecule has 1 saturated carbocycles. The molecule has 1 heterocycles. The van der Waals surface area contributed by atoms with Gasteiger partial charge >= 0.3 is 5.97 Å². The molecule has 3 atom stereocenters. The first-order valence-corrected chi connectivity index (χ1v) is 10.1. The van der Waals surface area contributed by atoms with Crippen molar-refractivity contribution in [2.75, 3.05) is 6.61 Å². The van der Waals surface area contributed by atoms with Crippen molar-refractivity contribution in [1.82, 2.24) is 4.90 Å². The predicted molar refractivity (Wildman–Crippen MR) is 104 cm³/mol. The summed E-state index contributed by atoms with van der Waals surface area (Å²) in [7, 11) is 0. The largest absolute Gasteiger partial charge is 0.493 e. The van der Waals surface area contributed by atoms with E-state index in [0.717, 1.165) is 17.7 Å². The summed E-state index contributed by atoms with van der Waals surface area (Å²) >= 11 is 0. The molecule has 0 N–H and O–H groups in total. The van der Waals surface area contributed by atoms with Crippen LogP contribution in [0.1, 0.15) is 62.4 Å². The van der Waals surface area contributed by atoms with Gasteiger partial charge in [0.25, 0.3) is 0 Å². The number of ketones is 1. The number of likely N-dealkylation sites (tertiary alicyclic amines) is 1. The van der Waals surface area contributed by atoms with Gasteiger partial charge in [-0.1, -0.05) is 12.8 Å². The third-order valence-corrected chi connectivity index (χ3v) is 5.74. The van der Waals surface area contributed by atoms with Crippen LogP contribution in [0.25, 0.3) is 0 Å². The summed E-state index contributed by atoms with van der Waals surface area (Å²) in [5.74, 6) is -1.37. The summed E-state index contributed by atoms with van der Waals surface area (Å²) in [6.07, 6.45) is 3.26. The fourth-order valence-electron chi connectivity index (χ4n) is 4.15. The van der Waals surface area contributed by atoms with E-state index in [0.29, 0.717) is 36.3 Å². The van der Waals surface area contributed by atoms with Crippen molar-refractivity contribution in [3.05, 3.63) is 29.3 Å². The highest BCUT2D eigenvalue weighted by atomic mass is 16.5. The van der Waals surface area contributed by atoms with E-state index < -0.39 is 12.0 Å². The molecule has 7 heteroatoms. The monoisotopic (exact) mass is 401 g/mol. The van der Waals surface area contributed by atoms with Gasteiger partial charge in [0.15, 0.2) is 5.78 Å². The molecule has 156 valence electrons. The fraction of sp³-hybridized carbons (Fsp3) is 0.545. The zero-order chi connectivity index (χ0) is 21.1. The maximum Gasteiger partial charge on any atom is 0.329 e. The Morgan fingerprint density at radius 1 is 1.14 bits per heavy atom. The van der Waals surface area contributed by atoms with Crippen molar-refractivity contribution < 1.29 is 28.7 Å². The van der Waals surface area contributed by atoms with Gasteiger partial charge in [0.05, 0.1) is 18.4 Å². The second-order valence-electron chi connectivity index (χ2n) is 7.64. The molecule has 2 amide bonds. The lowest BCUT2D eigenvalue weighted by molar-refractivity contribution is -0.159. The average molecular weight is 401 g/mol. The normalized spacial score (nSPS) is 22.2. The molecular formula is C22H27NO6. The maximum atomic E-state index is 12.7. The predicted octanol–water partition coefficient (Wildman–Crippen LogP) is 2.89. The van der Waals surface area contributed by atoms with E-state index in [4.69, 9.17) is 9.47 Å². The Balaban J connectivity index is 1.70. The first kappa shape index (κ1) is 21.0. The molecule has 2 fully saturated rings. The van der Waals surface area contributed by atoms with E-state index in [2.05, 4.69) is 0 Å². The Morgan fingerprint density at radius 3 is 2.31 bits per heavy atom. The first-order chi connectivity index (χ1) is 13.8. The number of fused-ring (bicyclic) bond motifs is 1. The van der Waals surface area contributed by atoms with Gasteiger partial charge in [0.2, 0.25) is 11.8 Å². The summed E-state index contributed by atoms with van der Waals surface area (Å²) in [5, 5.41) is 0. The third kappa shape index (κ3) is 4.18. The van der Waals surface area contributed by atoms with Crippen LogP contribution >= 0.6 is 0 Å². The van der Waals surface area contributed by atoms with Crippen molar-refractivity contribution in [3.8, 4) is 5.75 Å². The number of amides is 2. The molecule has 0 spiro atoms. The van der Waals surface area contributed by atoms with Gasteiger partial charge in [0, 0.05) is 11.1 Å². The molecule has 1 aromatic carbocycles. The standard InChI is InChI=1S/C22H27NO6/c1-4-28-19-10-9-15(14(3)24)11-16(19)12-29-22(27)13(2)23-20(25)17-7-5-6-8-18(17)21(23)26/h9-11,13,17-18H,4-8,12H2,1-3H3/t13-,17-,18-/m0/s1. The maximum absolute atomic E-state index is 12.7. The van der Waals surface area contributed by atoms with E-state index in [-0.39, 0.29) is 36.0 Å². The number of esters is 1. The average Bonchev–Trinajstić information content (AvgIpc) is 2.97. The summed E-state index contributed by atoms with van der Waals surface area (Å²) in [5.41, 5.74) is 1.05. The summed E-state index contributed by atoms with van der Waals surface area (Å²) in [6, 6.07) is 3.98. The minimum atomic E-state index is -0.980. The number of ether oxygens (including phenoxy) is 2. The molecule has 1 saturated heterocycles. The number of benzene rings is 1. The van der Waals surface area contributed by atoms with Gasteiger partial charge in [-0.3, -0.25) is 19.3 Å². The van der Waals surface area contributed by atoms with Gasteiger partial charge in [-0.15, -0.1) is 0 Å². The van der Waals surface area contributed by atoms with Gasteiger partial charge in [-0.2, -0.15) is 0 Å². The number of hydrogen-bond acceptors (Lipinski definition) is 6. The Morgan fingerprint density at radius 2 is 1.76 bits per heavy atom. The van der Waals surface area contributed by atoms with Gasteiger partial charge in [0.1, 0.15) is 18.4 Å². The van der Waals surface area contributed by atoms with Crippen LogP contribution in [-0.2, 0) is 25.7 Å². The van der Waals surface area contributed by atoms with Gasteiger partial charge in [-0.25, -0.2) is 4.79 Å². The highest BCUT2D eigenvalue weighted by Crippen LogP contribution is 2.39. The van der Waals surface area contributed by atoms with Crippen LogP contribution in [0.3, 0.4) is 0 Å². The molecule has 2 aliphatic rings. The minimum absolute atomic E-state index is 0.107. The number of Topliss-reactive ketones (excluding diaryl/α,β-unsaturated/α-hetero) is 1. The topological polar surface area (TPSA) is 90.0 Å².